The fraction of sp³-hybridized carbons (Fsp3) is 0.160. The van der Waals surface area contributed by atoms with E-state index in [2.05, 4.69) is 16.0 Å². The van der Waals surface area contributed by atoms with Gasteiger partial charge in [-0.25, -0.2) is 4.39 Å². The number of nitrogens with one attached hydrogen (secondary N) is 3. The maximum Gasteiger partial charge on any atom is 0.255 e. The number of carbonyl (C=O) groups is 3. The van der Waals surface area contributed by atoms with Gasteiger partial charge in [-0.15, -0.1) is 0 Å². The molecule has 1 unspecified atom stereocenters. The lowest BCUT2D eigenvalue weighted by Crippen LogP contribution is -2.26. The summed E-state index contributed by atoms with van der Waals surface area (Å²) in [7, 11) is 0. The van der Waals surface area contributed by atoms with Crippen LogP contribution in [0.3, 0.4) is 0 Å². The van der Waals surface area contributed by atoms with Crippen LogP contribution in [0.4, 0.5) is 15.8 Å². The molecule has 0 aliphatic rings. The van der Waals surface area contributed by atoms with Gasteiger partial charge in [-0.05, 0) is 67.1 Å². The summed E-state index contributed by atoms with van der Waals surface area (Å²) >= 11 is 0. The van der Waals surface area contributed by atoms with Gasteiger partial charge in [0.15, 0.2) is 0 Å². The minimum absolute atomic E-state index is 0.0643. The van der Waals surface area contributed by atoms with E-state index in [-0.39, 0.29) is 17.9 Å². The van der Waals surface area contributed by atoms with E-state index in [4.69, 9.17) is 0 Å². The van der Waals surface area contributed by atoms with Crippen LogP contribution >= 0.6 is 0 Å². The van der Waals surface area contributed by atoms with Crippen LogP contribution in [0.15, 0.2) is 72.8 Å². The average Bonchev–Trinajstić information content (AvgIpc) is 2.80. The van der Waals surface area contributed by atoms with Crippen molar-refractivity contribution in [3.8, 4) is 0 Å². The quantitative estimate of drug-likeness (QED) is 0.494. The van der Waals surface area contributed by atoms with Gasteiger partial charge in [0.2, 0.25) is 5.91 Å². The SMILES string of the molecule is CCC(=O)Nc1ccc(C(C)NC(=O)c2cccc(NC(=O)c3ccc(F)cc3)c2)cc1. The summed E-state index contributed by atoms with van der Waals surface area (Å²) in [6, 6.07) is 18.8. The molecule has 0 aliphatic carbocycles. The standard InChI is InChI=1S/C25H24FN3O3/c1-3-23(30)28-21-13-9-17(10-14-21)16(2)27-25(32)19-5-4-6-22(15-19)29-24(31)18-7-11-20(26)12-8-18/h4-16H,3H2,1-2H3,(H,27,32)(H,28,30)(H,29,31). The lowest BCUT2D eigenvalue weighted by Gasteiger charge is -2.15. The lowest BCUT2D eigenvalue weighted by molar-refractivity contribution is -0.115. The molecule has 164 valence electrons. The van der Waals surface area contributed by atoms with E-state index in [1.807, 2.05) is 19.1 Å². The Morgan fingerprint density at radius 1 is 0.812 bits per heavy atom. The fourth-order valence-corrected chi connectivity index (χ4v) is 3.01. The predicted octanol–water partition coefficient (Wildman–Crippen LogP) is 4.92. The van der Waals surface area contributed by atoms with E-state index < -0.39 is 11.7 Å². The zero-order valence-corrected chi connectivity index (χ0v) is 17.8. The van der Waals surface area contributed by atoms with Crippen molar-refractivity contribution in [3.63, 3.8) is 0 Å². The van der Waals surface area contributed by atoms with Gasteiger partial charge >= 0.3 is 0 Å². The van der Waals surface area contributed by atoms with Crippen molar-refractivity contribution < 1.29 is 18.8 Å². The third-order valence-electron chi connectivity index (χ3n) is 4.85. The van der Waals surface area contributed by atoms with Gasteiger partial charge in [-0.1, -0.05) is 25.1 Å². The zero-order valence-electron chi connectivity index (χ0n) is 17.8. The number of carbonyl (C=O) groups excluding carboxylic acids is 3. The topological polar surface area (TPSA) is 87.3 Å². The molecule has 6 nitrogen and oxygen atoms in total. The molecular weight excluding hydrogens is 409 g/mol. The Labute approximate surface area is 185 Å². The molecule has 0 aliphatic heterocycles. The molecule has 3 N–H and O–H groups in total. The molecule has 0 radical (unpaired) electrons. The molecule has 32 heavy (non-hydrogen) atoms. The maximum absolute atomic E-state index is 13.0. The van der Waals surface area contributed by atoms with Crippen LogP contribution in [0.5, 0.6) is 0 Å². The molecule has 0 saturated carbocycles. The molecule has 1 atom stereocenters. The van der Waals surface area contributed by atoms with E-state index in [1.54, 1.807) is 43.3 Å². The number of benzene rings is 3. The van der Waals surface area contributed by atoms with Crippen molar-refractivity contribution in [2.24, 2.45) is 0 Å². The van der Waals surface area contributed by atoms with Crippen molar-refractivity contribution >= 4 is 29.1 Å². The van der Waals surface area contributed by atoms with Gasteiger partial charge in [-0.3, -0.25) is 14.4 Å². The summed E-state index contributed by atoms with van der Waals surface area (Å²) in [6.07, 6.45) is 0.400. The molecule has 0 heterocycles. The van der Waals surface area contributed by atoms with Crippen LogP contribution in [-0.4, -0.2) is 17.7 Å². The molecule has 3 rings (SSSR count). The summed E-state index contributed by atoms with van der Waals surface area (Å²) in [5.74, 6) is -1.18. The van der Waals surface area contributed by atoms with E-state index in [0.29, 0.717) is 28.9 Å². The minimum Gasteiger partial charge on any atom is -0.346 e. The van der Waals surface area contributed by atoms with E-state index in [0.717, 1.165) is 5.56 Å². The van der Waals surface area contributed by atoms with Crippen LogP contribution in [0, 0.1) is 5.82 Å². The second-order valence-electron chi connectivity index (χ2n) is 7.26. The number of hydrogen-bond acceptors (Lipinski definition) is 3. The number of rotatable bonds is 7. The second kappa shape index (κ2) is 10.3. The Morgan fingerprint density at radius 3 is 2.16 bits per heavy atom. The largest absolute Gasteiger partial charge is 0.346 e. The van der Waals surface area contributed by atoms with E-state index in [9.17, 15) is 18.8 Å². The second-order valence-corrected chi connectivity index (χ2v) is 7.26. The molecular formula is C25H24FN3O3. The molecule has 7 heteroatoms. The minimum atomic E-state index is -0.422. The Balaban J connectivity index is 1.63. The van der Waals surface area contributed by atoms with Crippen molar-refractivity contribution in [3.05, 3.63) is 95.3 Å². The summed E-state index contributed by atoms with van der Waals surface area (Å²) in [6.45, 7) is 3.64. The zero-order chi connectivity index (χ0) is 23.1. The van der Waals surface area contributed by atoms with Gasteiger partial charge in [-0.2, -0.15) is 0 Å². The predicted molar refractivity (Wildman–Crippen MR) is 122 cm³/mol. The van der Waals surface area contributed by atoms with Crippen molar-refractivity contribution in [2.45, 2.75) is 26.3 Å². The maximum atomic E-state index is 13.0. The van der Waals surface area contributed by atoms with E-state index in [1.165, 1.54) is 24.3 Å². The van der Waals surface area contributed by atoms with Crippen LogP contribution in [-0.2, 0) is 4.79 Å². The van der Waals surface area contributed by atoms with Gasteiger partial charge in [0.05, 0.1) is 6.04 Å². The van der Waals surface area contributed by atoms with Crippen molar-refractivity contribution in [1.29, 1.82) is 0 Å². The number of anilines is 2. The van der Waals surface area contributed by atoms with Gasteiger partial charge in [0, 0.05) is 28.9 Å². The van der Waals surface area contributed by atoms with Gasteiger partial charge in [0.25, 0.3) is 11.8 Å². The average molecular weight is 433 g/mol. The van der Waals surface area contributed by atoms with Crippen LogP contribution in [0.25, 0.3) is 0 Å². The number of halogens is 1. The highest BCUT2D eigenvalue weighted by atomic mass is 19.1. The third kappa shape index (κ3) is 6.01. The Morgan fingerprint density at radius 2 is 1.50 bits per heavy atom. The molecule has 3 amide bonds. The van der Waals surface area contributed by atoms with E-state index >= 15 is 0 Å². The molecule has 0 fully saturated rings. The summed E-state index contributed by atoms with van der Waals surface area (Å²) in [5, 5.41) is 8.41. The molecule has 0 bridgehead atoms. The monoisotopic (exact) mass is 433 g/mol. The van der Waals surface area contributed by atoms with Crippen LogP contribution < -0.4 is 16.0 Å². The Bertz CT molecular complexity index is 1110. The number of hydrogen-bond donors (Lipinski definition) is 3. The fourth-order valence-electron chi connectivity index (χ4n) is 3.01. The first kappa shape index (κ1) is 22.7. The highest BCUT2D eigenvalue weighted by molar-refractivity contribution is 6.05. The first-order valence-corrected chi connectivity index (χ1v) is 10.2. The highest BCUT2D eigenvalue weighted by Gasteiger charge is 2.13. The van der Waals surface area contributed by atoms with Gasteiger partial charge < -0.3 is 16.0 Å². The van der Waals surface area contributed by atoms with Gasteiger partial charge in [0.1, 0.15) is 5.82 Å². The summed E-state index contributed by atoms with van der Waals surface area (Å²) in [5.41, 5.74) is 2.74. The Hall–Kier alpha value is -4.00. The first-order chi connectivity index (χ1) is 15.4. The summed E-state index contributed by atoms with van der Waals surface area (Å²) < 4.78 is 13.0. The Kier molecular flexibility index (Phi) is 7.33. The highest BCUT2D eigenvalue weighted by Crippen LogP contribution is 2.18. The molecule has 0 saturated heterocycles. The molecule has 3 aromatic rings. The number of amides is 3. The molecule has 0 spiro atoms. The van der Waals surface area contributed by atoms with Crippen LogP contribution in [0.2, 0.25) is 0 Å². The normalized spacial score (nSPS) is 11.3. The van der Waals surface area contributed by atoms with Crippen molar-refractivity contribution in [2.75, 3.05) is 10.6 Å². The lowest BCUT2D eigenvalue weighted by atomic mass is 10.1. The molecule has 3 aromatic carbocycles. The van der Waals surface area contributed by atoms with Crippen molar-refractivity contribution in [1.82, 2.24) is 5.32 Å². The smallest absolute Gasteiger partial charge is 0.255 e. The summed E-state index contributed by atoms with van der Waals surface area (Å²) in [4.78, 5) is 36.5. The first-order valence-electron chi connectivity index (χ1n) is 10.2. The van der Waals surface area contributed by atoms with Crippen LogP contribution in [0.1, 0.15) is 52.6 Å². The molecule has 0 aromatic heterocycles. The third-order valence-corrected chi connectivity index (χ3v) is 4.85.